The van der Waals surface area contributed by atoms with Crippen molar-refractivity contribution in [1.82, 2.24) is 4.90 Å². The standard InChI is InChI=1S/C18H20N2O3/c1-12-5-6-14(11-16(12)23-4)17(21)19-15-9-7-13(8-10-15)18(22)20(2)3/h5-11H,1-4H3,(H,19,21). The van der Waals surface area contributed by atoms with Gasteiger partial charge in [0.1, 0.15) is 5.75 Å². The maximum atomic E-state index is 12.3. The predicted octanol–water partition coefficient (Wildman–Crippen LogP) is 2.96. The summed E-state index contributed by atoms with van der Waals surface area (Å²) in [6.45, 7) is 1.92. The second-order valence-electron chi connectivity index (χ2n) is 5.42. The Morgan fingerprint density at radius 2 is 1.61 bits per heavy atom. The van der Waals surface area contributed by atoms with E-state index in [1.807, 2.05) is 13.0 Å². The fraction of sp³-hybridized carbons (Fsp3) is 0.222. The van der Waals surface area contributed by atoms with Crippen LogP contribution < -0.4 is 10.1 Å². The molecule has 2 rings (SSSR count). The molecule has 0 saturated carbocycles. The molecule has 0 radical (unpaired) electrons. The fourth-order valence-electron chi connectivity index (χ4n) is 2.12. The van der Waals surface area contributed by atoms with Gasteiger partial charge in [-0.25, -0.2) is 0 Å². The van der Waals surface area contributed by atoms with Gasteiger partial charge in [-0.05, 0) is 48.9 Å². The van der Waals surface area contributed by atoms with Crippen molar-refractivity contribution >= 4 is 17.5 Å². The van der Waals surface area contributed by atoms with Gasteiger partial charge in [-0.15, -0.1) is 0 Å². The van der Waals surface area contributed by atoms with Crippen LogP contribution in [0.1, 0.15) is 26.3 Å². The van der Waals surface area contributed by atoms with Crippen LogP contribution in [0.25, 0.3) is 0 Å². The van der Waals surface area contributed by atoms with Crippen LogP contribution in [0, 0.1) is 6.92 Å². The van der Waals surface area contributed by atoms with Crippen molar-refractivity contribution in [2.45, 2.75) is 6.92 Å². The van der Waals surface area contributed by atoms with E-state index in [1.54, 1.807) is 57.6 Å². The number of amides is 2. The lowest BCUT2D eigenvalue weighted by molar-refractivity contribution is 0.0827. The Bertz CT molecular complexity index is 722. The van der Waals surface area contributed by atoms with E-state index < -0.39 is 0 Å². The summed E-state index contributed by atoms with van der Waals surface area (Å²) in [5.41, 5.74) is 2.69. The monoisotopic (exact) mass is 312 g/mol. The van der Waals surface area contributed by atoms with Crippen molar-refractivity contribution in [1.29, 1.82) is 0 Å². The molecule has 5 heteroatoms. The zero-order chi connectivity index (χ0) is 17.0. The molecule has 120 valence electrons. The van der Waals surface area contributed by atoms with E-state index in [4.69, 9.17) is 4.74 Å². The molecular formula is C18H20N2O3. The molecule has 0 bridgehead atoms. The lowest BCUT2D eigenvalue weighted by atomic mass is 10.1. The number of anilines is 1. The van der Waals surface area contributed by atoms with E-state index in [1.165, 1.54) is 4.90 Å². The molecule has 23 heavy (non-hydrogen) atoms. The van der Waals surface area contributed by atoms with E-state index in [9.17, 15) is 9.59 Å². The Labute approximate surface area is 135 Å². The highest BCUT2D eigenvalue weighted by Crippen LogP contribution is 2.20. The van der Waals surface area contributed by atoms with Crippen LogP contribution in [0.2, 0.25) is 0 Å². The number of carbonyl (C=O) groups excluding carboxylic acids is 2. The third kappa shape index (κ3) is 3.88. The molecule has 0 aliphatic rings. The van der Waals surface area contributed by atoms with Gasteiger partial charge >= 0.3 is 0 Å². The van der Waals surface area contributed by atoms with Crippen molar-refractivity contribution in [3.05, 3.63) is 59.2 Å². The molecule has 0 unspecified atom stereocenters. The average Bonchev–Trinajstić information content (AvgIpc) is 2.55. The first-order valence-corrected chi connectivity index (χ1v) is 7.20. The van der Waals surface area contributed by atoms with Crippen LogP contribution >= 0.6 is 0 Å². The van der Waals surface area contributed by atoms with Crippen LogP contribution in [0.4, 0.5) is 5.69 Å². The molecule has 0 heterocycles. The van der Waals surface area contributed by atoms with Crippen molar-refractivity contribution in [2.75, 3.05) is 26.5 Å². The largest absolute Gasteiger partial charge is 0.496 e. The number of nitrogens with zero attached hydrogens (tertiary/aromatic N) is 1. The zero-order valence-electron chi connectivity index (χ0n) is 13.7. The summed E-state index contributed by atoms with van der Waals surface area (Å²) in [4.78, 5) is 25.6. The Morgan fingerprint density at radius 3 is 2.17 bits per heavy atom. The summed E-state index contributed by atoms with van der Waals surface area (Å²) in [6, 6.07) is 12.1. The smallest absolute Gasteiger partial charge is 0.255 e. The van der Waals surface area contributed by atoms with Crippen molar-refractivity contribution in [3.8, 4) is 5.75 Å². The summed E-state index contributed by atoms with van der Waals surface area (Å²) in [7, 11) is 4.97. The molecular weight excluding hydrogens is 292 g/mol. The molecule has 0 aliphatic heterocycles. The number of ether oxygens (including phenoxy) is 1. The highest BCUT2D eigenvalue weighted by Gasteiger charge is 2.10. The van der Waals surface area contributed by atoms with Gasteiger partial charge in [-0.1, -0.05) is 6.07 Å². The Hall–Kier alpha value is -2.82. The number of methoxy groups -OCH3 is 1. The quantitative estimate of drug-likeness (QED) is 0.944. The second kappa shape index (κ2) is 6.96. The van der Waals surface area contributed by atoms with Gasteiger partial charge in [0.2, 0.25) is 0 Å². The normalized spacial score (nSPS) is 10.1. The molecule has 2 aromatic rings. The molecule has 0 atom stereocenters. The number of nitrogens with one attached hydrogen (secondary N) is 1. The summed E-state index contributed by atoms with van der Waals surface area (Å²) >= 11 is 0. The second-order valence-corrected chi connectivity index (χ2v) is 5.42. The summed E-state index contributed by atoms with van der Waals surface area (Å²) < 4.78 is 5.23. The van der Waals surface area contributed by atoms with Crippen LogP contribution in [-0.2, 0) is 0 Å². The summed E-state index contributed by atoms with van der Waals surface area (Å²) in [6.07, 6.45) is 0. The van der Waals surface area contributed by atoms with E-state index in [2.05, 4.69) is 5.32 Å². The lowest BCUT2D eigenvalue weighted by Crippen LogP contribution is -2.21. The van der Waals surface area contributed by atoms with Crippen LogP contribution in [0.5, 0.6) is 5.75 Å². The van der Waals surface area contributed by atoms with Gasteiger partial charge in [0, 0.05) is 30.9 Å². The van der Waals surface area contributed by atoms with Crippen LogP contribution in [0.15, 0.2) is 42.5 Å². The number of rotatable bonds is 4. The number of aryl methyl sites for hydroxylation is 1. The Balaban J connectivity index is 2.13. The molecule has 0 aromatic heterocycles. The lowest BCUT2D eigenvalue weighted by Gasteiger charge is -2.11. The average molecular weight is 312 g/mol. The first-order valence-electron chi connectivity index (χ1n) is 7.20. The van der Waals surface area contributed by atoms with Gasteiger partial charge < -0.3 is 15.0 Å². The molecule has 0 spiro atoms. The highest BCUT2D eigenvalue weighted by atomic mass is 16.5. The predicted molar refractivity (Wildman–Crippen MR) is 90.1 cm³/mol. The Kier molecular flexibility index (Phi) is 5.01. The number of hydrogen-bond acceptors (Lipinski definition) is 3. The van der Waals surface area contributed by atoms with E-state index in [0.29, 0.717) is 22.6 Å². The number of carbonyl (C=O) groups is 2. The molecule has 0 aliphatic carbocycles. The van der Waals surface area contributed by atoms with Gasteiger partial charge in [0.25, 0.3) is 11.8 Å². The molecule has 5 nitrogen and oxygen atoms in total. The SMILES string of the molecule is COc1cc(C(=O)Nc2ccc(C(=O)N(C)C)cc2)ccc1C. The van der Waals surface area contributed by atoms with Gasteiger partial charge in [-0.3, -0.25) is 9.59 Å². The third-order valence-corrected chi connectivity index (χ3v) is 3.47. The first kappa shape index (κ1) is 16.5. The van der Waals surface area contributed by atoms with Crippen LogP contribution in [0.3, 0.4) is 0 Å². The van der Waals surface area contributed by atoms with E-state index >= 15 is 0 Å². The fourth-order valence-corrected chi connectivity index (χ4v) is 2.12. The van der Waals surface area contributed by atoms with Gasteiger partial charge in [0.15, 0.2) is 0 Å². The molecule has 1 N–H and O–H groups in total. The number of benzene rings is 2. The van der Waals surface area contributed by atoms with E-state index in [-0.39, 0.29) is 11.8 Å². The molecule has 0 saturated heterocycles. The third-order valence-electron chi connectivity index (χ3n) is 3.47. The minimum atomic E-state index is -0.227. The van der Waals surface area contributed by atoms with Crippen molar-refractivity contribution in [3.63, 3.8) is 0 Å². The van der Waals surface area contributed by atoms with Crippen LogP contribution in [-0.4, -0.2) is 37.9 Å². The minimum Gasteiger partial charge on any atom is -0.496 e. The van der Waals surface area contributed by atoms with Gasteiger partial charge in [0.05, 0.1) is 7.11 Å². The summed E-state index contributed by atoms with van der Waals surface area (Å²) in [5, 5.41) is 2.80. The van der Waals surface area contributed by atoms with Crippen molar-refractivity contribution < 1.29 is 14.3 Å². The maximum absolute atomic E-state index is 12.3. The Morgan fingerprint density at radius 1 is 1.00 bits per heavy atom. The molecule has 2 amide bonds. The van der Waals surface area contributed by atoms with Gasteiger partial charge in [-0.2, -0.15) is 0 Å². The van der Waals surface area contributed by atoms with E-state index in [0.717, 1.165) is 5.56 Å². The van der Waals surface area contributed by atoms with Crippen molar-refractivity contribution in [2.24, 2.45) is 0 Å². The topological polar surface area (TPSA) is 58.6 Å². The molecule has 2 aromatic carbocycles. The molecule has 0 fully saturated rings. The minimum absolute atomic E-state index is 0.0776. The zero-order valence-corrected chi connectivity index (χ0v) is 13.7. The first-order chi connectivity index (χ1) is 10.9. The highest BCUT2D eigenvalue weighted by molar-refractivity contribution is 6.04. The number of hydrogen-bond donors (Lipinski definition) is 1. The maximum Gasteiger partial charge on any atom is 0.255 e. The summed E-state index contributed by atoms with van der Waals surface area (Å²) in [5.74, 6) is 0.366.